The Morgan fingerprint density at radius 3 is 1.77 bits per heavy atom. The minimum atomic E-state index is -1.65. The van der Waals surface area contributed by atoms with Crippen LogP contribution in [0.2, 0.25) is 0 Å². The quantitative estimate of drug-likeness (QED) is 0.0277. The maximum Gasteiger partial charge on any atom is 0.305 e. The smallest absolute Gasteiger partial charge is 0.305 e. The second-order valence-electron chi connectivity index (χ2n) is 17.0. The molecular formula is C40H69N11O10. The number of guanidine groups is 1. The lowest BCUT2D eigenvalue weighted by Crippen LogP contribution is -2.60. The number of amides is 8. The van der Waals surface area contributed by atoms with Crippen molar-refractivity contribution in [3.05, 3.63) is 0 Å². The van der Waals surface area contributed by atoms with Crippen LogP contribution in [0.1, 0.15) is 124 Å². The Morgan fingerprint density at radius 1 is 0.672 bits per heavy atom. The Balaban J connectivity index is 2.26. The van der Waals surface area contributed by atoms with Crippen LogP contribution >= 0.6 is 0 Å². The van der Waals surface area contributed by atoms with Gasteiger partial charge in [-0.2, -0.15) is 0 Å². The minimum Gasteiger partial charge on any atom is -0.481 e. The highest BCUT2D eigenvalue weighted by molar-refractivity contribution is 5.98. The van der Waals surface area contributed by atoms with Gasteiger partial charge in [0.15, 0.2) is 5.96 Å². The number of nitrogens with one attached hydrogen (secondary N) is 5. The van der Waals surface area contributed by atoms with Crippen molar-refractivity contribution in [3.8, 4) is 0 Å². The van der Waals surface area contributed by atoms with Gasteiger partial charge in [0.25, 0.3) is 0 Å². The van der Waals surface area contributed by atoms with E-state index in [2.05, 4.69) is 31.6 Å². The standard InChI is InChI=1S/C40H69N11O10/c1-22(2)18-27(46-32(53)15-14-24-10-6-5-7-11-24)36(58)49-28(19-23(3)4)37(59)50-29(21-33(54)55)39(61)51-17-9-13-30(51)38(60)47-25(12-8-16-45-40(43)44)35(57)48-26(34(42)56)20-31(41)52/h22-30H,5-21H2,1-4H3,(H2,41,52)(H2,42,56)(H,46,53)(H,47,60)(H,48,57)(H,49,58)(H,50,59)(H,54,55)(H4,43,44,45)/t25-,26-,27-,28-,29-,30-/m0/s1. The van der Waals surface area contributed by atoms with E-state index in [4.69, 9.17) is 22.9 Å². The maximum absolute atomic E-state index is 14.1. The van der Waals surface area contributed by atoms with Gasteiger partial charge in [-0.3, -0.25) is 48.1 Å². The summed E-state index contributed by atoms with van der Waals surface area (Å²) in [5.74, 6) is -7.49. The van der Waals surface area contributed by atoms with Crippen LogP contribution < -0.4 is 49.5 Å². The molecule has 0 aromatic carbocycles. The molecule has 1 saturated heterocycles. The van der Waals surface area contributed by atoms with Crippen molar-refractivity contribution in [1.82, 2.24) is 31.5 Å². The number of rotatable bonds is 26. The number of hydrogen-bond acceptors (Lipinski definition) is 10. The lowest BCUT2D eigenvalue weighted by Gasteiger charge is -2.31. The van der Waals surface area contributed by atoms with Gasteiger partial charge in [-0.15, -0.1) is 0 Å². The van der Waals surface area contributed by atoms with Crippen molar-refractivity contribution in [1.29, 1.82) is 0 Å². The molecular weight excluding hydrogens is 795 g/mol. The third kappa shape index (κ3) is 19.2. The third-order valence-electron chi connectivity index (χ3n) is 10.7. The molecule has 8 amide bonds. The molecule has 2 aliphatic rings. The van der Waals surface area contributed by atoms with E-state index in [1.807, 2.05) is 27.7 Å². The normalized spacial score (nSPS) is 17.9. The van der Waals surface area contributed by atoms with Crippen LogP contribution in [0.3, 0.4) is 0 Å². The molecule has 1 aliphatic carbocycles. The van der Waals surface area contributed by atoms with Crippen LogP contribution in [0.25, 0.3) is 0 Å². The predicted molar refractivity (Wildman–Crippen MR) is 224 cm³/mol. The highest BCUT2D eigenvalue weighted by atomic mass is 16.4. The molecule has 0 aromatic rings. The summed E-state index contributed by atoms with van der Waals surface area (Å²) in [6.45, 7) is 7.51. The van der Waals surface area contributed by atoms with Gasteiger partial charge < -0.3 is 59.5 Å². The number of nitrogens with zero attached hydrogens (tertiary/aromatic N) is 2. The van der Waals surface area contributed by atoms with Gasteiger partial charge in [-0.1, -0.05) is 59.8 Å². The molecule has 2 rings (SSSR count). The summed E-state index contributed by atoms with van der Waals surface area (Å²) < 4.78 is 0. The number of primary amides is 2. The zero-order chi connectivity index (χ0) is 45.8. The van der Waals surface area contributed by atoms with Crippen LogP contribution in [0.4, 0.5) is 0 Å². The third-order valence-corrected chi connectivity index (χ3v) is 10.7. The van der Waals surface area contributed by atoms with E-state index in [9.17, 15) is 48.3 Å². The van der Waals surface area contributed by atoms with Crippen molar-refractivity contribution in [2.75, 3.05) is 13.1 Å². The van der Waals surface area contributed by atoms with E-state index < -0.39 is 96.4 Å². The Labute approximate surface area is 357 Å². The highest BCUT2D eigenvalue weighted by Gasteiger charge is 2.41. The first-order chi connectivity index (χ1) is 28.7. The lowest BCUT2D eigenvalue weighted by molar-refractivity contribution is -0.146. The molecule has 2 fully saturated rings. The van der Waals surface area contributed by atoms with Crippen molar-refractivity contribution in [3.63, 3.8) is 0 Å². The number of aliphatic carboxylic acids is 1. The number of hydrogen-bond donors (Lipinski definition) is 10. The summed E-state index contributed by atoms with van der Waals surface area (Å²) in [5.41, 5.74) is 21.3. The number of carboxylic acid groups (broad SMARTS) is 1. The molecule has 0 radical (unpaired) electrons. The van der Waals surface area contributed by atoms with E-state index in [1.54, 1.807) is 0 Å². The van der Waals surface area contributed by atoms with Gasteiger partial charge in [0.2, 0.25) is 47.3 Å². The first-order valence-corrected chi connectivity index (χ1v) is 21.3. The number of carboxylic acids is 1. The topological polar surface area (TPSA) is 354 Å². The fourth-order valence-electron chi connectivity index (χ4n) is 7.64. The Kier molecular flexibility index (Phi) is 22.0. The fraction of sp³-hybridized carbons (Fsp3) is 0.750. The van der Waals surface area contributed by atoms with Crippen molar-refractivity contribution in [2.24, 2.45) is 45.7 Å². The number of aliphatic imine (C=N–C) groups is 1. The number of carbonyl (C=O) groups is 9. The Morgan fingerprint density at radius 2 is 1.23 bits per heavy atom. The second kappa shape index (κ2) is 26.0. The fourth-order valence-corrected chi connectivity index (χ4v) is 7.64. The number of likely N-dealkylation sites (tertiary alicyclic amines) is 1. The molecule has 1 saturated carbocycles. The summed E-state index contributed by atoms with van der Waals surface area (Å²) in [5, 5.41) is 22.8. The lowest BCUT2D eigenvalue weighted by atomic mass is 9.86. The second-order valence-corrected chi connectivity index (χ2v) is 17.0. The predicted octanol–water partition coefficient (Wildman–Crippen LogP) is -1.26. The Hall–Kier alpha value is -5.50. The van der Waals surface area contributed by atoms with Gasteiger partial charge >= 0.3 is 5.97 Å². The summed E-state index contributed by atoms with van der Waals surface area (Å²) in [6, 6.07) is -7.81. The molecule has 1 aliphatic heterocycles. The minimum absolute atomic E-state index is 0.0100. The van der Waals surface area contributed by atoms with Crippen LogP contribution in [0.5, 0.6) is 0 Å². The molecule has 0 unspecified atom stereocenters. The van der Waals surface area contributed by atoms with Gasteiger partial charge in [-0.05, 0) is 62.7 Å². The van der Waals surface area contributed by atoms with Crippen LogP contribution in [0.15, 0.2) is 4.99 Å². The zero-order valence-corrected chi connectivity index (χ0v) is 36.0. The van der Waals surface area contributed by atoms with Crippen molar-refractivity contribution >= 4 is 59.2 Å². The van der Waals surface area contributed by atoms with Crippen LogP contribution in [0, 0.1) is 17.8 Å². The van der Waals surface area contributed by atoms with Gasteiger partial charge in [-0.25, -0.2) is 0 Å². The molecule has 14 N–H and O–H groups in total. The molecule has 21 heteroatoms. The van der Waals surface area contributed by atoms with Gasteiger partial charge in [0.05, 0.1) is 12.8 Å². The molecule has 344 valence electrons. The molecule has 6 atom stereocenters. The summed E-state index contributed by atoms with van der Waals surface area (Å²) in [6.07, 6.45) is 6.16. The number of nitrogens with two attached hydrogens (primary N) is 4. The van der Waals surface area contributed by atoms with Crippen LogP contribution in [-0.4, -0.2) is 119 Å². The van der Waals surface area contributed by atoms with Gasteiger partial charge in [0.1, 0.15) is 36.3 Å². The first-order valence-electron chi connectivity index (χ1n) is 21.3. The maximum atomic E-state index is 14.1. The van der Waals surface area contributed by atoms with E-state index in [-0.39, 0.29) is 68.9 Å². The van der Waals surface area contributed by atoms with Crippen LogP contribution in [-0.2, 0) is 43.2 Å². The zero-order valence-electron chi connectivity index (χ0n) is 36.0. The molecule has 21 nitrogen and oxygen atoms in total. The first kappa shape index (κ1) is 51.6. The molecule has 0 aromatic heterocycles. The van der Waals surface area contributed by atoms with E-state index in [0.717, 1.165) is 37.0 Å². The summed E-state index contributed by atoms with van der Waals surface area (Å²) in [7, 11) is 0. The van der Waals surface area contributed by atoms with E-state index in [0.29, 0.717) is 18.8 Å². The Bertz CT molecular complexity index is 1580. The van der Waals surface area contributed by atoms with E-state index >= 15 is 0 Å². The molecule has 61 heavy (non-hydrogen) atoms. The van der Waals surface area contributed by atoms with Crippen molar-refractivity contribution < 1.29 is 48.3 Å². The summed E-state index contributed by atoms with van der Waals surface area (Å²) >= 11 is 0. The highest BCUT2D eigenvalue weighted by Crippen LogP contribution is 2.27. The monoisotopic (exact) mass is 864 g/mol. The molecule has 1 heterocycles. The molecule has 0 spiro atoms. The average Bonchev–Trinajstić information content (AvgIpc) is 3.67. The summed E-state index contributed by atoms with van der Waals surface area (Å²) in [4.78, 5) is 122. The van der Waals surface area contributed by atoms with Gasteiger partial charge in [0, 0.05) is 19.5 Å². The average molecular weight is 864 g/mol. The molecule has 0 bridgehead atoms. The largest absolute Gasteiger partial charge is 0.481 e. The number of carbonyl (C=O) groups excluding carboxylic acids is 8. The SMILES string of the molecule is CC(C)C[C@H](NC(=O)CCC1CCCCC1)C(=O)N[C@@H](CC(C)C)C(=O)N[C@@H](CC(=O)O)C(=O)N1CCC[C@H]1C(=O)N[C@@H](CCCN=C(N)N)C(=O)N[C@@H](CC(N)=O)C(N)=O. The van der Waals surface area contributed by atoms with Crippen molar-refractivity contribution in [2.45, 2.75) is 160 Å². The van der Waals surface area contributed by atoms with E-state index in [1.165, 1.54) is 6.42 Å².